The number of carbonyl (C=O) groups is 1. The first-order valence-corrected chi connectivity index (χ1v) is 22.4. The third-order valence-electron chi connectivity index (χ3n) is 9.11. The Balaban J connectivity index is 0.000000322. The zero-order valence-corrected chi connectivity index (χ0v) is 40.1. The van der Waals surface area contributed by atoms with Crippen molar-refractivity contribution >= 4 is 55.4 Å². The van der Waals surface area contributed by atoms with Crippen molar-refractivity contribution in [3.63, 3.8) is 0 Å². The molecule has 0 amide bonds. The number of rotatable bonds is 16. The molecule has 8 aromatic carbocycles. The highest BCUT2D eigenvalue weighted by molar-refractivity contribution is 5.53. The third kappa shape index (κ3) is 28.6. The minimum Gasteiger partial charge on any atom is -0.473 e. The van der Waals surface area contributed by atoms with Gasteiger partial charge in [-0.15, -0.1) is 0 Å². The van der Waals surface area contributed by atoms with E-state index in [2.05, 4.69) is 0 Å². The molecule has 0 aromatic heterocycles. The van der Waals surface area contributed by atoms with Crippen LogP contribution in [0.5, 0.6) is 0 Å². The van der Waals surface area contributed by atoms with Gasteiger partial charge in [0.1, 0.15) is 6.79 Å². The molecule has 0 saturated carbocycles. The average Bonchev–Trinajstić information content (AvgIpc) is 3.44. The monoisotopic (exact) mass is 954 g/mol. The van der Waals surface area contributed by atoms with Crippen LogP contribution in [-0.2, 0) is 23.7 Å². The largest absolute Gasteiger partial charge is 0.473 e. The maximum absolute atomic E-state index is 8.00. The predicted octanol–water partition coefficient (Wildman–Crippen LogP) is 15.5. The molecule has 364 valence electrons. The van der Waals surface area contributed by atoms with Gasteiger partial charge in [-0.25, -0.2) is 0 Å². The van der Waals surface area contributed by atoms with Crippen LogP contribution in [0.3, 0.4) is 0 Å². The van der Waals surface area contributed by atoms with Crippen LogP contribution in [0.15, 0.2) is 293 Å². The lowest BCUT2D eigenvalue weighted by Crippen LogP contribution is -1.71. The van der Waals surface area contributed by atoms with Gasteiger partial charge >= 0.3 is 0 Å². The Bertz CT molecular complexity index is 2160. The molecule has 4 N–H and O–H groups in total. The van der Waals surface area contributed by atoms with Crippen LogP contribution >= 0.6 is 0 Å². The Morgan fingerprint density at radius 2 is 0.292 bits per heavy atom. The van der Waals surface area contributed by atoms with Crippen molar-refractivity contribution in [2.24, 2.45) is 0 Å². The second-order valence-corrected chi connectivity index (χ2v) is 14.3. The Labute approximate surface area is 425 Å². The predicted molar refractivity (Wildman–Crippen MR) is 302 cm³/mol. The van der Waals surface area contributed by atoms with Crippen LogP contribution in [0.25, 0.3) is 48.6 Å². The van der Waals surface area contributed by atoms with Crippen LogP contribution in [0.1, 0.15) is 44.5 Å². The topological polar surface area (TPSA) is 117 Å². The van der Waals surface area contributed by atoms with Crippen LogP contribution in [0.2, 0.25) is 0 Å². The van der Waals surface area contributed by atoms with Gasteiger partial charge in [0, 0.05) is 0 Å². The summed E-state index contributed by atoms with van der Waals surface area (Å²) in [6, 6.07) is 80.4. The minimum atomic E-state index is 0. The molecule has 0 spiro atoms. The van der Waals surface area contributed by atoms with Gasteiger partial charge in [0.25, 0.3) is 0 Å². The van der Waals surface area contributed by atoms with Crippen LogP contribution in [-0.4, -0.2) is 17.7 Å². The first kappa shape index (κ1) is 58.6. The summed E-state index contributed by atoms with van der Waals surface area (Å²) in [6.07, 6.45) is 28.8. The molecule has 0 saturated heterocycles. The van der Waals surface area contributed by atoms with Crippen molar-refractivity contribution in [1.82, 2.24) is 0 Å². The van der Waals surface area contributed by atoms with E-state index >= 15 is 0 Å². The summed E-state index contributed by atoms with van der Waals surface area (Å²) in [6.45, 7) is 2.00. The third-order valence-corrected chi connectivity index (χ3v) is 9.11. The van der Waals surface area contributed by atoms with Crippen LogP contribution < -0.4 is 0 Å². The van der Waals surface area contributed by atoms with E-state index in [9.17, 15) is 0 Å². The number of hydrogen-bond donors (Lipinski definition) is 0. The molecule has 0 fully saturated rings. The summed E-state index contributed by atoms with van der Waals surface area (Å²) in [5.41, 5.74) is 9.00. The smallest absolute Gasteiger partial charge is 0.106 e. The van der Waals surface area contributed by atoms with Crippen molar-refractivity contribution in [2.45, 2.75) is 0 Å². The fraction of sp³-hybridized carbons (Fsp3) is 0. The summed E-state index contributed by atoms with van der Waals surface area (Å²) >= 11 is 0. The highest BCUT2D eigenvalue weighted by Crippen LogP contribution is 2.08. The Hall–Kier alpha value is -9.53. The summed E-state index contributed by atoms with van der Waals surface area (Å²) in [4.78, 5) is 8.00. The standard InChI is InChI=1S/4C16H14O.CH2O.2H2O/c4*1-3-7-15(8-4-1)11-13-17-14-12-16-9-5-2-6-10-16;1-2;;/h4*1-14H;1H2;2*1H2. The van der Waals surface area contributed by atoms with Gasteiger partial charge in [-0.3, -0.25) is 0 Å². The Kier molecular flexibility index (Phi) is 33.0. The quantitative estimate of drug-likeness (QED) is 0.0894. The zero-order chi connectivity index (χ0) is 49.0. The van der Waals surface area contributed by atoms with E-state index in [1.807, 2.05) is 298 Å². The van der Waals surface area contributed by atoms with E-state index in [0.29, 0.717) is 0 Å². The maximum atomic E-state index is 8.00. The van der Waals surface area contributed by atoms with E-state index in [1.165, 1.54) is 0 Å². The lowest BCUT2D eigenvalue weighted by atomic mass is 10.2. The van der Waals surface area contributed by atoms with E-state index in [0.717, 1.165) is 44.5 Å². The molecule has 0 heterocycles. The van der Waals surface area contributed by atoms with Crippen molar-refractivity contribution in [3.8, 4) is 0 Å². The molecule has 8 aromatic rings. The molecule has 0 bridgehead atoms. The summed E-state index contributed by atoms with van der Waals surface area (Å²) in [7, 11) is 0. The second-order valence-electron chi connectivity index (χ2n) is 14.3. The van der Waals surface area contributed by atoms with E-state index < -0.39 is 0 Å². The molecule has 8 rings (SSSR count). The lowest BCUT2D eigenvalue weighted by molar-refractivity contribution is -0.0980. The molecule has 0 aliphatic heterocycles. The first-order chi connectivity index (χ1) is 34.8. The summed E-state index contributed by atoms with van der Waals surface area (Å²) in [5, 5.41) is 0. The van der Waals surface area contributed by atoms with Crippen LogP contribution in [0.4, 0.5) is 0 Å². The van der Waals surface area contributed by atoms with Gasteiger partial charge in [-0.05, 0) is 93.1 Å². The SMILES string of the molecule is C(=Cc1ccccc1)OC=Cc1ccccc1.C(=Cc1ccccc1)OC=Cc1ccccc1.C(=Cc1ccccc1)OC=Cc1ccccc1.C(=Cc1ccccc1)OC=Cc1ccccc1.C=O.O.O. The van der Waals surface area contributed by atoms with Gasteiger partial charge < -0.3 is 34.7 Å². The fourth-order valence-electron chi connectivity index (χ4n) is 5.64. The van der Waals surface area contributed by atoms with E-state index in [-0.39, 0.29) is 11.0 Å². The normalized spacial score (nSPS) is 10.5. The van der Waals surface area contributed by atoms with Gasteiger partial charge in [-0.1, -0.05) is 243 Å². The molecule has 0 unspecified atom stereocenters. The molecular formula is C65H62O7. The molecule has 7 nitrogen and oxygen atoms in total. The highest BCUT2D eigenvalue weighted by Gasteiger charge is 1.87. The molecule has 72 heavy (non-hydrogen) atoms. The number of carbonyl (C=O) groups excluding carboxylic acids is 1. The number of benzene rings is 8. The van der Waals surface area contributed by atoms with E-state index in [4.69, 9.17) is 23.7 Å². The highest BCUT2D eigenvalue weighted by atomic mass is 16.5. The van der Waals surface area contributed by atoms with Crippen molar-refractivity contribution in [1.29, 1.82) is 0 Å². The zero-order valence-electron chi connectivity index (χ0n) is 40.1. The van der Waals surface area contributed by atoms with Crippen molar-refractivity contribution < 1.29 is 34.7 Å². The van der Waals surface area contributed by atoms with Gasteiger partial charge in [0.05, 0.1) is 50.1 Å². The van der Waals surface area contributed by atoms with E-state index in [1.54, 1.807) is 50.1 Å². The summed E-state index contributed by atoms with van der Waals surface area (Å²) in [5.74, 6) is 0. The maximum Gasteiger partial charge on any atom is 0.106 e. The molecule has 0 aliphatic carbocycles. The fourth-order valence-corrected chi connectivity index (χ4v) is 5.64. The lowest BCUT2D eigenvalue weighted by Gasteiger charge is -1.93. The molecule has 0 radical (unpaired) electrons. The average molecular weight is 955 g/mol. The minimum absolute atomic E-state index is 0. The molecular weight excluding hydrogens is 893 g/mol. The number of hydrogen-bond acceptors (Lipinski definition) is 5. The second kappa shape index (κ2) is 40.5. The molecule has 0 aliphatic rings. The number of ether oxygens (including phenoxy) is 4. The van der Waals surface area contributed by atoms with Gasteiger partial charge in [-0.2, -0.15) is 0 Å². The molecule has 0 atom stereocenters. The summed E-state index contributed by atoms with van der Waals surface area (Å²) < 4.78 is 21.1. The Morgan fingerprint density at radius 3 is 0.389 bits per heavy atom. The Morgan fingerprint density at radius 1 is 0.194 bits per heavy atom. The molecule has 7 heteroatoms. The first-order valence-electron chi connectivity index (χ1n) is 22.4. The van der Waals surface area contributed by atoms with Crippen LogP contribution in [0, 0.1) is 0 Å². The van der Waals surface area contributed by atoms with Gasteiger partial charge in [0.15, 0.2) is 0 Å². The van der Waals surface area contributed by atoms with Gasteiger partial charge in [0.2, 0.25) is 0 Å². The van der Waals surface area contributed by atoms with Crippen molar-refractivity contribution in [3.05, 3.63) is 337 Å². The van der Waals surface area contributed by atoms with Crippen molar-refractivity contribution in [2.75, 3.05) is 0 Å².